The van der Waals surface area contributed by atoms with Gasteiger partial charge >= 0.3 is 0 Å². The highest BCUT2D eigenvalue weighted by atomic mass is 15.2. The third-order valence-corrected chi connectivity index (χ3v) is 4.15. The molecule has 82 valence electrons. The van der Waals surface area contributed by atoms with Crippen molar-refractivity contribution in [3.8, 4) is 0 Å². The fraction of sp³-hybridized carbons (Fsp3) is 0.333. The van der Waals surface area contributed by atoms with Crippen LogP contribution in [0, 0.1) is 5.92 Å². The number of benzene rings is 1. The van der Waals surface area contributed by atoms with Gasteiger partial charge in [0.25, 0.3) is 0 Å². The Kier molecular flexibility index (Phi) is 1.90. The minimum atomic E-state index is 0.517. The molecular weight excluding hydrogens is 194 g/mol. The van der Waals surface area contributed by atoms with Gasteiger partial charge < -0.3 is 0 Å². The smallest absolute Gasteiger partial charge is 0.0418 e. The van der Waals surface area contributed by atoms with E-state index < -0.39 is 0 Å². The molecule has 0 spiro atoms. The summed E-state index contributed by atoms with van der Waals surface area (Å²) in [4.78, 5) is 2.43. The third-order valence-electron chi connectivity index (χ3n) is 4.15. The first-order valence-electron chi connectivity index (χ1n) is 5.81. The van der Waals surface area contributed by atoms with E-state index in [0.29, 0.717) is 18.0 Å². The molecule has 1 nitrogen and oxygen atoms in total. The standard InChI is InChI=1S/C15H17N/c1-9-7-5-6-8-12(9)14-11(3)16(4)15-10(2)13(14)15/h5-8,11,13,15H,1-2H2,3-4H3/b14-12+. The average molecular weight is 211 g/mol. The van der Waals surface area contributed by atoms with E-state index in [1.807, 2.05) is 0 Å². The normalized spacial score (nSPS) is 36.4. The number of rotatable bonds is 0. The maximum absolute atomic E-state index is 4.16. The molecule has 1 saturated heterocycles. The third kappa shape index (κ3) is 1.09. The van der Waals surface area contributed by atoms with Crippen LogP contribution in [0.1, 0.15) is 6.92 Å². The molecule has 1 aromatic rings. The first kappa shape index (κ1) is 9.86. The van der Waals surface area contributed by atoms with E-state index in [1.54, 1.807) is 0 Å². The fourth-order valence-corrected chi connectivity index (χ4v) is 3.08. The molecular formula is C15H17N. The van der Waals surface area contributed by atoms with Crippen molar-refractivity contribution in [3.63, 3.8) is 0 Å². The summed E-state index contributed by atoms with van der Waals surface area (Å²) in [6.45, 7) is 10.6. The van der Waals surface area contributed by atoms with E-state index in [0.717, 1.165) is 5.22 Å². The lowest BCUT2D eigenvalue weighted by Gasteiger charge is -2.20. The molecule has 1 aliphatic carbocycles. The van der Waals surface area contributed by atoms with Gasteiger partial charge in [0.2, 0.25) is 0 Å². The second-order valence-corrected chi connectivity index (χ2v) is 4.95. The number of piperidine rings is 1. The average Bonchev–Trinajstić information content (AvgIpc) is 2.83. The highest BCUT2D eigenvalue weighted by Crippen LogP contribution is 2.54. The molecule has 0 N–H and O–H groups in total. The molecule has 3 rings (SSSR count). The van der Waals surface area contributed by atoms with Gasteiger partial charge in [0.15, 0.2) is 0 Å². The van der Waals surface area contributed by atoms with E-state index in [2.05, 4.69) is 56.3 Å². The van der Waals surface area contributed by atoms with Crippen molar-refractivity contribution in [2.75, 3.05) is 7.05 Å². The van der Waals surface area contributed by atoms with Gasteiger partial charge in [-0.25, -0.2) is 0 Å². The van der Waals surface area contributed by atoms with Gasteiger partial charge in [-0.2, -0.15) is 0 Å². The Labute approximate surface area is 96.4 Å². The van der Waals surface area contributed by atoms with Crippen molar-refractivity contribution in [1.29, 1.82) is 0 Å². The number of likely N-dealkylation sites (N-methyl/N-ethyl adjacent to an activating group) is 1. The molecule has 3 atom stereocenters. The highest BCUT2D eigenvalue weighted by Gasteiger charge is 2.56. The van der Waals surface area contributed by atoms with Gasteiger partial charge in [-0.3, -0.25) is 4.90 Å². The van der Waals surface area contributed by atoms with E-state index in [1.165, 1.54) is 16.4 Å². The van der Waals surface area contributed by atoms with Crippen LogP contribution in [-0.4, -0.2) is 24.0 Å². The minimum absolute atomic E-state index is 0.517. The van der Waals surface area contributed by atoms with Crippen LogP contribution >= 0.6 is 0 Å². The molecule has 1 heterocycles. The van der Waals surface area contributed by atoms with Crippen molar-refractivity contribution in [2.45, 2.75) is 19.0 Å². The molecule has 1 aliphatic heterocycles. The molecule has 2 fully saturated rings. The van der Waals surface area contributed by atoms with Crippen LogP contribution in [-0.2, 0) is 0 Å². The summed E-state index contributed by atoms with van der Waals surface area (Å²) in [5.41, 5.74) is 2.89. The summed E-state index contributed by atoms with van der Waals surface area (Å²) >= 11 is 0. The SMILES string of the molecule is C=C1C2/C(=c3\ccccc3=C)C(C)N(C)C12. The van der Waals surface area contributed by atoms with Crippen LogP contribution in [0.2, 0.25) is 0 Å². The van der Waals surface area contributed by atoms with Gasteiger partial charge in [-0.1, -0.05) is 43.0 Å². The fourth-order valence-electron chi connectivity index (χ4n) is 3.08. The van der Waals surface area contributed by atoms with Crippen LogP contribution in [0.4, 0.5) is 0 Å². The lowest BCUT2D eigenvalue weighted by atomic mass is 10.0. The van der Waals surface area contributed by atoms with Crippen LogP contribution < -0.4 is 10.4 Å². The van der Waals surface area contributed by atoms with Crippen LogP contribution in [0.15, 0.2) is 36.4 Å². The van der Waals surface area contributed by atoms with Gasteiger partial charge in [0.1, 0.15) is 0 Å². The number of fused-ring (bicyclic) bond motifs is 1. The quantitative estimate of drug-likeness (QED) is 0.582. The predicted molar refractivity (Wildman–Crippen MR) is 68.3 cm³/mol. The Morgan fingerprint density at radius 3 is 2.50 bits per heavy atom. The molecule has 1 saturated carbocycles. The second kappa shape index (κ2) is 3.08. The monoisotopic (exact) mass is 211 g/mol. The number of hydrogen-bond donors (Lipinski definition) is 0. The zero-order valence-corrected chi connectivity index (χ0v) is 9.90. The number of likely N-dealkylation sites (tertiary alicyclic amines) is 1. The summed E-state index contributed by atoms with van der Waals surface area (Å²) in [5, 5.41) is 2.46. The largest absolute Gasteiger partial charge is 0.292 e. The van der Waals surface area contributed by atoms with Gasteiger partial charge in [-0.15, -0.1) is 0 Å². The molecule has 1 heteroatoms. The summed E-state index contributed by atoms with van der Waals surface area (Å²) in [5.74, 6) is 0.586. The van der Waals surface area contributed by atoms with E-state index in [9.17, 15) is 0 Å². The Morgan fingerprint density at radius 1 is 1.19 bits per heavy atom. The van der Waals surface area contributed by atoms with E-state index >= 15 is 0 Å². The van der Waals surface area contributed by atoms with Crippen molar-refractivity contribution in [1.82, 2.24) is 4.90 Å². The molecule has 3 unspecified atom stereocenters. The van der Waals surface area contributed by atoms with Gasteiger partial charge in [-0.05, 0) is 30.0 Å². The number of nitrogens with zero attached hydrogens (tertiary/aromatic N) is 1. The maximum atomic E-state index is 4.16. The first-order chi connectivity index (χ1) is 7.63. The topological polar surface area (TPSA) is 3.24 Å². The molecule has 0 bridgehead atoms. The summed E-state index contributed by atoms with van der Waals surface area (Å²) in [6.07, 6.45) is 0. The summed E-state index contributed by atoms with van der Waals surface area (Å²) in [6, 6.07) is 9.54. The highest BCUT2D eigenvalue weighted by molar-refractivity contribution is 5.70. The lowest BCUT2D eigenvalue weighted by molar-refractivity contribution is 0.328. The number of hydrogen-bond acceptors (Lipinski definition) is 1. The van der Waals surface area contributed by atoms with Crippen LogP contribution in [0.5, 0.6) is 0 Å². The second-order valence-electron chi connectivity index (χ2n) is 4.95. The molecule has 0 aromatic heterocycles. The first-order valence-corrected chi connectivity index (χ1v) is 5.81. The predicted octanol–water partition coefficient (Wildman–Crippen LogP) is 1.14. The summed E-state index contributed by atoms with van der Waals surface area (Å²) in [7, 11) is 2.19. The van der Waals surface area contributed by atoms with Gasteiger partial charge in [0.05, 0.1) is 0 Å². The Bertz CT molecular complexity index is 569. The van der Waals surface area contributed by atoms with Crippen molar-refractivity contribution >= 4 is 12.2 Å². The van der Waals surface area contributed by atoms with Gasteiger partial charge in [0, 0.05) is 18.0 Å². The maximum Gasteiger partial charge on any atom is 0.0418 e. The van der Waals surface area contributed by atoms with Crippen molar-refractivity contribution in [2.24, 2.45) is 5.92 Å². The summed E-state index contributed by atoms with van der Waals surface area (Å²) < 4.78 is 0. The Morgan fingerprint density at radius 2 is 1.88 bits per heavy atom. The zero-order chi connectivity index (χ0) is 11.4. The molecule has 16 heavy (non-hydrogen) atoms. The lowest BCUT2D eigenvalue weighted by Crippen LogP contribution is -2.33. The van der Waals surface area contributed by atoms with Crippen molar-refractivity contribution < 1.29 is 0 Å². The van der Waals surface area contributed by atoms with Crippen molar-refractivity contribution in [3.05, 3.63) is 46.9 Å². The molecule has 0 amide bonds. The molecule has 1 aromatic carbocycles. The van der Waals surface area contributed by atoms with E-state index in [4.69, 9.17) is 0 Å². The minimum Gasteiger partial charge on any atom is -0.292 e. The van der Waals surface area contributed by atoms with Crippen LogP contribution in [0.25, 0.3) is 12.2 Å². The van der Waals surface area contributed by atoms with Crippen LogP contribution in [0.3, 0.4) is 0 Å². The Hall–Kier alpha value is -1.34. The Balaban J connectivity index is 2.29. The van der Waals surface area contributed by atoms with E-state index in [-0.39, 0.29) is 0 Å². The molecule has 2 aliphatic rings. The molecule has 0 radical (unpaired) electrons. The zero-order valence-electron chi connectivity index (χ0n) is 9.90.